The van der Waals surface area contributed by atoms with E-state index in [0.29, 0.717) is 23.9 Å². The first-order chi connectivity index (χ1) is 11.3. The fraction of sp³-hybridized carbons (Fsp3) is 0.682. The normalized spacial score (nSPS) is 35.7. The summed E-state index contributed by atoms with van der Waals surface area (Å²) in [6, 6.07) is 0. The second-order valence-electron chi connectivity index (χ2n) is 8.22. The van der Waals surface area contributed by atoms with Crippen molar-refractivity contribution in [3.05, 3.63) is 35.5 Å². The van der Waals surface area contributed by atoms with E-state index in [9.17, 15) is 4.79 Å². The van der Waals surface area contributed by atoms with Gasteiger partial charge in [0.05, 0.1) is 0 Å². The van der Waals surface area contributed by atoms with Gasteiger partial charge >= 0.3 is 5.97 Å². The van der Waals surface area contributed by atoms with Gasteiger partial charge in [0.25, 0.3) is 0 Å². The Hall–Kier alpha value is -1.31. The maximum absolute atomic E-state index is 11.2. The van der Waals surface area contributed by atoms with Crippen LogP contribution in [0.1, 0.15) is 72.6 Å². The zero-order chi connectivity index (χ0) is 17.7. The Labute approximate surface area is 148 Å². The van der Waals surface area contributed by atoms with Gasteiger partial charge in [0.1, 0.15) is 6.61 Å². The highest BCUT2D eigenvalue weighted by Crippen LogP contribution is 2.54. The first-order valence-corrected chi connectivity index (χ1v) is 9.44. The van der Waals surface area contributed by atoms with E-state index in [0.717, 1.165) is 19.3 Å². The molecule has 2 aliphatic carbocycles. The number of rotatable bonds is 3. The Morgan fingerprint density at radius 3 is 2.71 bits per heavy atom. The zero-order valence-corrected chi connectivity index (χ0v) is 16.0. The van der Waals surface area contributed by atoms with E-state index >= 15 is 0 Å². The molecule has 2 aliphatic rings. The van der Waals surface area contributed by atoms with Crippen molar-refractivity contribution in [2.45, 2.75) is 72.6 Å². The second kappa shape index (κ2) is 8.18. The van der Waals surface area contributed by atoms with Crippen LogP contribution in [-0.2, 0) is 9.53 Å². The summed E-state index contributed by atoms with van der Waals surface area (Å²) < 4.78 is 5.28. The summed E-state index contributed by atoms with van der Waals surface area (Å²) in [4.78, 5) is 11.2. The molecule has 0 amide bonds. The van der Waals surface area contributed by atoms with Crippen LogP contribution in [0.2, 0.25) is 0 Å². The molecule has 0 bridgehead atoms. The van der Waals surface area contributed by atoms with Gasteiger partial charge in [0.15, 0.2) is 0 Å². The largest absolute Gasteiger partial charge is 0.461 e. The van der Waals surface area contributed by atoms with E-state index in [1.54, 1.807) is 0 Å². The van der Waals surface area contributed by atoms with Crippen LogP contribution in [-0.4, -0.2) is 12.6 Å². The number of fused-ring (bicyclic) bond motifs is 1. The predicted octanol–water partition coefficient (Wildman–Crippen LogP) is 5.99. The molecule has 0 N–H and O–H groups in total. The van der Waals surface area contributed by atoms with Crippen molar-refractivity contribution in [2.24, 2.45) is 17.3 Å². The third-order valence-electron chi connectivity index (χ3n) is 6.21. The molecule has 2 rings (SSSR count). The molecule has 0 unspecified atom stereocenters. The highest BCUT2D eigenvalue weighted by Gasteiger charge is 2.44. The Morgan fingerprint density at radius 2 is 2.04 bits per heavy atom. The van der Waals surface area contributed by atoms with E-state index in [2.05, 4.69) is 39.5 Å². The van der Waals surface area contributed by atoms with Gasteiger partial charge in [-0.15, -0.1) is 0 Å². The molecule has 0 radical (unpaired) electrons. The topological polar surface area (TPSA) is 26.3 Å². The van der Waals surface area contributed by atoms with Crippen molar-refractivity contribution in [1.29, 1.82) is 0 Å². The van der Waals surface area contributed by atoms with E-state index < -0.39 is 0 Å². The highest BCUT2D eigenvalue weighted by molar-refractivity contribution is 5.66. The molecule has 0 spiro atoms. The average Bonchev–Trinajstić information content (AvgIpc) is 2.83. The van der Waals surface area contributed by atoms with Gasteiger partial charge in [-0.2, -0.15) is 0 Å². The van der Waals surface area contributed by atoms with Crippen LogP contribution in [0, 0.1) is 17.3 Å². The van der Waals surface area contributed by atoms with E-state index in [1.807, 2.05) is 0 Å². The summed E-state index contributed by atoms with van der Waals surface area (Å²) in [6.07, 6.45) is 12.9. The lowest BCUT2D eigenvalue weighted by Gasteiger charge is -2.34. The number of hydrogen-bond donors (Lipinski definition) is 0. The maximum Gasteiger partial charge on any atom is 0.302 e. The van der Waals surface area contributed by atoms with Crippen LogP contribution in [0.3, 0.4) is 0 Å². The van der Waals surface area contributed by atoms with Gasteiger partial charge < -0.3 is 4.74 Å². The molecule has 0 heterocycles. The minimum absolute atomic E-state index is 0.186. The molecule has 1 saturated carbocycles. The number of allylic oxidation sites excluding steroid dienone is 4. The lowest BCUT2D eigenvalue weighted by Crippen LogP contribution is -2.26. The van der Waals surface area contributed by atoms with Gasteiger partial charge in [-0.25, -0.2) is 0 Å². The monoisotopic (exact) mass is 330 g/mol. The summed E-state index contributed by atoms with van der Waals surface area (Å²) in [6.45, 7) is 13.1. The van der Waals surface area contributed by atoms with Gasteiger partial charge in [0, 0.05) is 6.92 Å². The molecule has 0 aromatic rings. The molecule has 24 heavy (non-hydrogen) atoms. The molecule has 2 nitrogen and oxygen atoms in total. The number of carbonyl (C=O) groups excluding carboxylic acids is 1. The molecular weight excluding hydrogens is 296 g/mol. The number of esters is 1. The maximum atomic E-state index is 11.2. The molecule has 0 saturated heterocycles. The molecule has 3 atom stereocenters. The van der Waals surface area contributed by atoms with Crippen LogP contribution >= 0.6 is 0 Å². The molecular formula is C22H34O2. The van der Waals surface area contributed by atoms with E-state index in [4.69, 9.17) is 4.74 Å². The first-order valence-electron chi connectivity index (χ1n) is 9.44. The van der Waals surface area contributed by atoms with Crippen LogP contribution in [0.25, 0.3) is 0 Å². The van der Waals surface area contributed by atoms with Crippen molar-refractivity contribution < 1.29 is 9.53 Å². The van der Waals surface area contributed by atoms with E-state index in [1.165, 1.54) is 49.3 Å². The van der Waals surface area contributed by atoms with Gasteiger partial charge in [0.2, 0.25) is 0 Å². The minimum Gasteiger partial charge on any atom is -0.461 e. The van der Waals surface area contributed by atoms with Crippen LogP contribution in [0.4, 0.5) is 0 Å². The molecule has 1 fully saturated rings. The quantitative estimate of drug-likeness (QED) is 0.469. The van der Waals surface area contributed by atoms with Crippen molar-refractivity contribution in [3.63, 3.8) is 0 Å². The Kier molecular flexibility index (Phi) is 6.48. The van der Waals surface area contributed by atoms with Crippen molar-refractivity contribution in [2.75, 3.05) is 6.61 Å². The SMILES string of the molecule is C=C(C)[C@@H]1CC[C@]2(C)CC/C(COC(C)=O)=C/CC/C(C)=C/C[C@@H]12. The van der Waals surface area contributed by atoms with Crippen LogP contribution < -0.4 is 0 Å². The first kappa shape index (κ1) is 19.0. The summed E-state index contributed by atoms with van der Waals surface area (Å²) in [5, 5.41) is 0. The standard InChI is InChI=1S/C22H34O2/c1-16(2)20-12-14-22(5)13-11-19(15-24-18(4)23)8-6-7-17(3)9-10-21(20)22/h8-9,20-21H,1,6-7,10-15H2,2-5H3/b17-9+,19-8-/t20-,21-,22-/m0/s1. The fourth-order valence-electron chi connectivity index (χ4n) is 4.51. The predicted molar refractivity (Wildman–Crippen MR) is 101 cm³/mol. The van der Waals surface area contributed by atoms with Crippen LogP contribution in [0.15, 0.2) is 35.5 Å². The summed E-state index contributed by atoms with van der Waals surface area (Å²) in [7, 11) is 0. The Balaban J connectivity index is 2.20. The Morgan fingerprint density at radius 1 is 1.29 bits per heavy atom. The minimum atomic E-state index is -0.186. The van der Waals surface area contributed by atoms with Crippen molar-refractivity contribution >= 4 is 5.97 Å². The summed E-state index contributed by atoms with van der Waals surface area (Å²) in [5.74, 6) is 1.16. The Bertz CT molecular complexity index is 540. The number of ether oxygens (including phenoxy) is 1. The van der Waals surface area contributed by atoms with Crippen molar-refractivity contribution in [1.82, 2.24) is 0 Å². The average molecular weight is 331 g/mol. The van der Waals surface area contributed by atoms with Crippen molar-refractivity contribution in [3.8, 4) is 0 Å². The smallest absolute Gasteiger partial charge is 0.302 e. The highest BCUT2D eigenvalue weighted by atomic mass is 16.5. The van der Waals surface area contributed by atoms with Gasteiger partial charge in [-0.05, 0) is 81.6 Å². The molecule has 0 aliphatic heterocycles. The lowest BCUT2D eigenvalue weighted by molar-refractivity contribution is -0.140. The molecule has 0 aromatic carbocycles. The van der Waals surface area contributed by atoms with E-state index in [-0.39, 0.29) is 5.97 Å². The molecule has 2 heteroatoms. The number of hydrogen-bond acceptors (Lipinski definition) is 2. The second-order valence-corrected chi connectivity index (χ2v) is 8.22. The molecule has 134 valence electrons. The third kappa shape index (κ3) is 4.84. The number of carbonyl (C=O) groups is 1. The van der Waals surface area contributed by atoms with Crippen LogP contribution in [0.5, 0.6) is 0 Å². The molecule has 0 aromatic heterocycles. The lowest BCUT2D eigenvalue weighted by atomic mass is 9.70. The van der Waals surface area contributed by atoms with Gasteiger partial charge in [-0.3, -0.25) is 4.79 Å². The third-order valence-corrected chi connectivity index (χ3v) is 6.21. The summed E-state index contributed by atoms with van der Waals surface area (Å²) >= 11 is 0. The zero-order valence-electron chi connectivity index (χ0n) is 16.0. The fourth-order valence-corrected chi connectivity index (χ4v) is 4.51. The summed E-state index contributed by atoms with van der Waals surface area (Å²) in [5.41, 5.74) is 4.48. The van der Waals surface area contributed by atoms with Gasteiger partial charge in [-0.1, -0.05) is 36.8 Å².